The summed E-state index contributed by atoms with van der Waals surface area (Å²) in [6, 6.07) is 6.63. The van der Waals surface area contributed by atoms with Gasteiger partial charge in [0, 0.05) is 13.0 Å². The minimum atomic E-state index is -0.222. The van der Waals surface area contributed by atoms with Crippen LogP contribution in [0.1, 0.15) is 19.4 Å². The number of aliphatic imine (C=N–C) groups is 1. The third kappa shape index (κ3) is 4.11. The molecule has 3 heteroatoms. The van der Waals surface area contributed by atoms with Crippen LogP contribution in [0.4, 0.5) is 4.39 Å². The van der Waals surface area contributed by atoms with Crippen molar-refractivity contribution in [1.82, 2.24) is 0 Å². The standard InChI is InChI=1S/C12H17FN2/c1-9(2)8-15-12(14)7-10-5-3-4-6-11(10)13/h3-6,9H,7-8H2,1-2H3,(H2,14,15). The Kier molecular flexibility index (Phi) is 4.28. The lowest BCUT2D eigenvalue weighted by atomic mass is 10.1. The highest BCUT2D eigenvalue weighted by Gasteiger charge is 2.02. The third-order valence-corrected chi connectivity index (χ3v) is 1.99. The Bertz CT molecular complexity index is 345. The normalized spacial score (nSPS) is 12.1. The van der Waals surface area contributed by atoms with Crippen molar-refractivity contribution in [2.24, 2.45) is 16.6 Å². The highest BCUT2D eigenvalue weighted by atomic mass is 19.1. The minimum Gasteiger partial charge on any atom is -0.387 e. The van der Waals surface area contributed by atoms with Crippen LogP contribution in [0.25, 0.3) is 0 Å². The van der Waals surface area contributed by atoms with Gasteiger partial charge in [-0.1, -0.05) is 32.0 Å². The zero-order valence-corrected chi connectivity index (χ0v) is 9.20. The third-order valence-electron chi connectivity index (χ3n) is 1.99. The number of nitrogens with two attached hydrogens (primary N) is 1. The number of benzene rings is 1. The average Bonchev–Trinajstić information content (AvgIpc) is 2.18. The Hall–Kier alpha value is -1.38. The van der Waals surface area contributed by atoms with Gasteiger partial charge in [0.25, 0.3) is 0 Å². The minimum absolute atomic E-state index is 0.222. The smallest absolute Gasteiger partial charge is 0.126 e. The molecule has 82 valence electrons. The van der Waals surface area contributed by atoms with Gasteiger partial charge in [0.05, 0.1) is 5.84 Å². The highest BCUT2D eigenvalue weighted by Crippen LogP contribution is 2.07. The van der Waals surface area contributed by atoms with Crippen LogP contribution in [0.3, 0.4) is 0 Å². The first-order chi connectivity index (χ1) is 7.09. The molecular weight excluding hydrogens is 191 g/mol. The van der Waals surface area contributed by atoms with Crippen molar-refractivity contribution in [3.8, 4) is 0 Å². The number of hydrogen-bond donors (Lipinski definition) is 1. The molecule has 15 heavy (non-hydrogen) atoms. The van der Waals surface area contributed by atoms with Crippen molar-refractivity contribution < 1.29 is 4.39 Å². The van der Waals surface area contributed by atoms with Gasteiger partial charge in [-0.15, -0.1) is 0 Å². The summed E-state index contributed by atoms with van der Waals surface area (Å²) in [4.78, 5) is 4.19. The maximum Gasteiger partial charge on any atom is 0.126 e. The molecule has 0 unspecified atom stereocenters. The SMILES string of the molecule is CC(C)CN=C(N)Cc1ccccc1F. The number of amidine groups is 1. The highest BCUT2D eigenvalue weighted by molar-refractivity contribution is 5.82. The number of nitrogens with zero attached hydrogens (tertiary/aromatic N) is 1. The summed E-state index contributed by atoms with van der Waals surface area (Å²) in [5.41, 5.74) is 6.31. The second kappa shape index (κ2) is 5.49. The van der Waals surface area contributed by atoms with Gasteiger partial charge in [0.1, 0.15) is 5.82 Å². The van der Waals surface area contributed by atoms with E-state index in [-0.39, 0.29) is 5.82 Å². The lowest BCUT2D eigenvalue weighted by Gasteiger charge is -2.04. The van der Waals surface area contributed by atoms with Crippen LogP contribution in [0.15, 0.2) is 29.3 Å². The van der Waals surface area contributed by atoms with Crippen LogP contribution in [0.5, 0.6) is 0 Å². The molecule has 0 radical (unpaired) electrons. The fraction of sp³-hybridized carbons (Fsp3) is 0.417. The van der Waals surface area contributed by atoms with Crippen LogP contribution in [-0.2, 0) is 6.42 Å². The quantitative estimate of drug-likeness (QED) is 0.598. The summed E-state index contributed by atoms with van der Waals surface area (Å²) in [6.07, 6.45) is 0.388. The van der Waals surface area contributed by atoms with Gasteiger partial charge in [-0.2, -0.15) is 0 Å². The van der Waals surface area contributed by atoms with E-state index in [4.69, 9.17) is 5.73 Å². The van der Waals surface area contributed by atoms with Gasteiger partial charge >= 0.3 is 0 Å². The van der Waals surface area contributed by atoms with E-state index in [9.17, 15) is 4.39 Å². The lowest BCUT2D eigenvalue weighted by molar-refractivity contribution is 0.615. The molecule has 0 saturated heterocycles. The van der Waals surface area contributed by atoms with Crippen molar-refractivity contribution >= 4 is 5.84 Å². The van der Waals surface area contributed by atoms with Crippen molar-refractivity contribution in [3.05, 3.63) is 35.6 Å². The topological polar surface area (TPSA) is 38.4 Å². The van der Waals surface area contributed by atoms with Crippen LogP contribution < -0.4 is 5.73 Å². The Morgan fingerprint density at radius 3 is 2.67 bits per heavy atom. The number of hydrogen-bond acceptors (Lipinski definition) is 1. The largest absolute Gasteiger partial charge is 0.387 e. The van der Waals surface area contributed by atoms with Gasteiger partial charge in [-0.25, -0.2) is 4.39 Å². The van der Waals surface area contributed by atoms with E-state index in [1.807, 2.05) is 0 Å². The average molecular weight is 208 g/mol. The molecule has 0 aliphatic heterocycles. The monoisotopic (exact) mass is 208 g/mol. The zero-order chi connectivity index (χ0) is 11.3. The maximum atomic E-state index is 13.2. The first-order valence-corrected chi connectivity index (χ1v) is 5.11. The molecule has 0 aliphatic rings. The fourth-order valence-corrected chi connectivity index (χ4v) is 1.19. The molecule has 0 atom stereocenters. The molecule has 2 N–H and O–H groups in total. The van der Waals surface area contributed by atoms with E-state index >= 15 is 0 Å². The predicted molar refractivity (Wildman–Crippen MR) is 61.4 cm³/mol. The Morgan fingerprint density at radius 2 is 2.07 bits per heavy atom. The Balaban J connectivity index is 2.62. The Morgan fingerprint density at radius 1 is 1.40 bits per heavy atom. The summed E-state index contributed by atoms with van der Waals surface area (Å²) in [6.45, 7) is 4.83. The first-order valence-electron chi connectivity index (χ1n) is 5.11. The van der Waals surface area contributed by atoms with Gasteiger partial charge in [-0.05, 0) is 17.5 Å². The van der Waals surface area contributed by atoms with E-state index in [2.05, 4.69) is 18.8 Å². The molecule has 0 fully saturated rings. The second-order valence-electron chi connectivity index (χ2n) is 3.99. The predicted octanol–water partition coefficient (Wildman–Crippen LogP) is 2.38. The van der Waals surface area contributed by atoms with E-state index in [1.165, 1.54) is 6.07 Å². The molecule has 0 aliphatic carbocycles. The van der Waals surface area contributed by atoms with Crippen LogP contribution in [-0.4, -0.2) is 12.4 Å². The van der Waals surface area contributed by atoms with Crippen molar-refractivity contribution in [2.75, 3.05) is 6.54 Å². The van der Waals surface area contributed by atoms with Crippen molar-refractivity contribution in [1.29, 1.82) is 0 Å². The zero-order valence-electron chi connectivity index (χ0n) is 9.20. The molecule has 1 rings (SSSR count). The summed E-state index contributed by atoms with van der Waals surface area (Å²) in [7, 11) is 0. The summed E-state index contributed by atoms with van der Waals surface area (Å²) in [5.74, 6) is 0.748. The van der Waals surface area contributed by atoms with Crippen LogP contribution in [0, 0.1) is 11.7 Å². The van der Waals surface area contributed by atoms with Gasteiger partial charge < -0.3 is 5.73 Å². The molecule has 0 aromatic heterocycles. The second-order valence-corrected chi connectivity index (χ2v) is 3.99. The Labute approximate surface area is 90.0 Å². The van der Waals surface area contributed by atoms with E-state index in [0.717, 1.165) is 0 Å². The maximum absolute atomic E-state index is 13.2. The number of rotatable bonds is 4. The fourth-order valence-electron chi connectivity index (χ4n) is 1.19. The van der Waals surface area contributed by atoms with Gasteiger partial charge in [-0.3, -0.25) is 4.99 Å². The van der Waals surface area contributed by atoms with E-state index < -0.39 is 0 Å². The van der Waals surface area contributed by atoms with Gasteiger partial charge in [0.15, 0.2) is 0 Å². The molecule has 2 nitrogen and oxygen atoms in total. The molecule has 0 heterocycles. The van der Waals surface area contributed by atoms with E-state index in [1.54, 1.807) is 18.2 Å². The number of halogens is 1. The molecule has 1 aromatic rings. The lowest BCUT2D eigenvalue weighted by Crippen LogP contribution is -2.17. The van der Waals surface area contributed by atoms with Gasteiger partial charge in [0.2, 0.25) is 0 Å². The van der Waals surface area contributed by atoms with Crippen LogP contribution in [0.2, 0.25) is 0 Å². The molecular formula is C12H17FN2. The van der Waals surface area contributed by atoms with Crippen molar-refractivity contribution in [3.63, 3.8) is 0 Å². The summed E-state index contributed by atoms with van der Waals surface area (Å²) in [5, 5.41) is 0. The molecule has 1 aromatic carbocycles. The summed E-state index contributed by atoms with van der Waals surface area (Å²) >= 11 is 0. The van der Waals surface area contributed by atoms with Crippen molar-refractivity contribution in [2.45, 2.75) is 20.3 Å². The molecule has 0 spiro atoms. The van der Waals surface area contributed by atoms with Crippen LogP contribution >= 0.6 is 0 Å². The molecule has 0 amide bonds. The summed E-state index contributed by atoms with van der Waals surface area (Å²) < 4.78 is 13.2. The first kappa shape index (κ1) is 11.7. The molecule has 0 bridgehead atoms. The molecule has 0 saturated carbocycles. The van der Waals surface area contributed by atoms with E-state index in [0.29, 0.717) is 30.3 Å².